The van der Waals surface area contributed by atoms with Crippen molar-refractivity contribution < 1.29 is 40.8 Å². The summed E-state index contributed by atoms with van der Waals surface area (Å²) in [7, 11) is 0. The summed E-state index contributed by atoms with van der Waals surface area (Å²) in [6.45, 7) is 0. The van der Waals surface area contributed by atoms with Gasteiger partial charge in [0.2, 0.25) is 0 Å². The van der Waals surface area contributed by atoms with Crippen molar-refractivity contribution in [2.45, 2.75) is 0 Å². The van der Waals surface area contributed by atoms with Crippen molar-refractivity contribution in [2.24, 2.45) is 0 Å². The van der Waals surface area contributed by atoms with E-state index in [1.54, 1.807) is 0 Å². The van der Waals surface area contributed by atoms with E-state index >= 15 is 0 Å². The maximum atomic E-state index is 8.53. The van der Waals surface area contributed by atoms with E-state index < -0.39 is 17.9 Å². The molecule has 0 radical (unpaired) electrons. The van der Waals surface area contributed by atoms with Crippen LogP contribution in [0.5, 0.6) is 0 Å². The summed E-state index contributed by atoms with van der Waals surface area (Å²) in [4.78, 5) is 0. The van der Waals surface area contributed by atoms with Crippen molar-refractivity contribution in [2.75, 3.05) is 0 Å². The van der Waals surface area contributed by atoms with Crippen LogP contribution in [-0.2, 0) is 24.8 Å². The maximum absolute atomic E-state index is 8.53. The van der Waals surface area contributed by atoms with Gasteiger partial charge in [0.05, 0.1) is 0 Å². The molecule has 6 heteroatoms. The van der Waals surface area contributed by atoms with Gasteiger partial charge in [-0.15, -0.1) is 0 Å². The van der Waals surface area contributed by atoms with E-state index in [1.165, 1.54) is 0 Å². The van der Waals surface area contributed by atoms with Gasteiger partial charge in [-0.1, -0.05) is 0 Å². The summed E-state index contributed by atoms with van der Waals surface area (Å²) in [5.41, 5.74) is 0. The molecule has 0 aromatic heterocycles. The van der Waals surface area contributed by atoms with Crippen LogP contribution in [0.4, 0.5) is 0 Å². The zero-order chi connectivity index (χ0) is 4.71. The van der Waals surface area contributed by atoms with Crippen molar-refractivity contribution in [1.82, 2.24) is 0 Å². The van der Waals surface area contributed by atoms with Crippen molar-refractivity contribution in [3.8, 4) is 0 Å². The molecular weight excluding hydrogens is 278 g/mol. The molecule has 0 atom stereocenters. The molecule has 5 nitrogen and oxygen atoms in total. The normalized spacial score (nSPS) is 2.57. The van der Waals surface area contributed by atoms with Crippen LogP contribution in [0.1, 0.15) is 0 Å². The van der Waals surface area contributed by atoms with Gasteiger partial charge in [-0.3, -0.25) is 10.5 Å². The van der Waals surface area contributed by atoms with Crippen LogP contribution in [0, 0.1) is 7.43 Å². The van der Waals surface area contributed by atoms with E-state index in [4.69, 9.17) is 17.5 Å². The number of rotatable bonds is 0. The zero-order valence-corrected chi connectivity index (χ0v) is 6.30. The third kappa shape index (κ3) is 5200. The molecule has 7 heavy (non-hydrogen) atoms. The predicted molar refractivity (Wildman–Crippen MR) is 16.7 cm³/mol. The van der Waals surface area contributed by atoms with Crippen molar-refractivity contribution in [3.05, 3.63) is 7.43 Å². The Kier molecular flexibility index (Phi) is 485. The Balaban J connectivity index is -0.0000000105. The molecule has 0 saturated carbocycles. The molecule has 0 heterocycles. The summed E-state index contributed by atoms with van der Waals surface area (Å²) in [5, 5.41) is 12.0. The summed E-state index contributed by atoms with van der Waals surface area (Å²) >= 11 is -2.17. The van der Waals surface area contributed by atoms with Gasteiger partial charge in [0.1, 0.15) is 0 Å². The van der Waals surface area contributed by atoms with Crippen molar-refractivity contribution >= 4 is 0 Å². The molecule has 0 fully saturated rings. The fraction of sp³-hybridized carbons (Fsp3) is 0. The molecule has 0 aliphatic carbocycles. The second-order valence-corrected chi connectivity index (χ2v) is 0.516. The average Bonchev–Trinajstić information content (AvgIpc) is 1.46. The first-order valence-electron chi connectivity index (χ1n) is 0.509. The summed E-state index contributed by atoms with van der Waals surface area (Å²) in [6.07, 6.45) is 0. The predicted octanol–water partition coefficient (Wildman–Crippen LogP) is -0.597. The molecule has 0 spiro atoms. The zero-order valence-electron chi connectivity index (χ0n) is 3.59. The summed E-state index contributed by atoms with van der Waals surface area (Å²) in [6, 6.07) is 0. The van der Waals surface area contributed by atoms with E-state index in [2.05, 4.69) is 0 Å². The molecule has 4 N–H and O–H groups in total. The topological polar surface area (TPSA) is 106 Å². The first-order valence-corrected chi connectivity index (χ1v) is 2.73. The van der Waals surface area contributed by atoms with E-state index in [0.29, 0.717) is 0 Å². The van der Waals surface area contributed by atoms with Gasteiger partial charge in [0, 0.05) is 0 Å². The second-order valence-electron chi connectivity index (χ2n) is 0.0630. The molecule has 49 valence electrons. The summed E-state index contributed by atoms with van der Waals surface area (Å²) in [5.74, 6) is 0. The van der Waals surface area contributed by atoms with Crippen LogP contribution < -0.4 is 0 Å². The first kappa shape index (κ1) is 27.3. The molecule has 0 bridgehead atoms. The Morgan fingerprint density at radius 3 is 1.14 bits per heavy atom. The van der Waals surface area contributed by atoms with Crippen molar-refractivity contribution in [3.63, 3.8) is 0 Å². The fourth-order valence-corrected chi connectivity index (χ4v) is 0. The van der Waals surface area contributed by atoms with E-state index in [-0.39, 0.29) is 12.9 Å². The van der Waals surface area contributed by atoms with Gasteiger partial charge in [-0.25, -0.2) is 0 Å². The monoisotopic (exact) mass is 286 g/mol. The minimum absolute atomic E-state index is 0. The van der Waals surface area contributed by atoms with Gasteiger partial charge >= 0.3 is 24.8 Å². The number of hydrogen-bond acceptors (Lipinski definition) is 4. The molecule has 0 amide bonds. The van der Waals surface area contributed by atoms with E-state index in [9.17, 15) is 0 Å². The summed E-state index contributed by atoms with van der Waals surface area (Å²) < 4.78 is 17.1. The Bertz CT molecular complexity index is 29.1. The quantitative estimate of drug-likeness (QED) is 0.352. The molecule has 0 unspecified atom stereocenters. The molecule has 0 saturated heterocycles. The molecule has 0 aliphatic heterocycles. The third-order valence-electron chi connectivity index (χ3n) is 0. The van der Waals surface area contributed by atoms with Gasteiger partial charge in [-0.05, 0) is 0 Å². The molecule has 0 aliphatic rings. The van der Waals surface area contributed by atoms with Crippen molar-refractivity contribution in [1.29, 1.82) is 0 Å². The van der Waals surface area contributed by atoms with Crippen LogP contribution in [0.25, 0.3) is 0 Å². The Morgan fingerprint density at radius 2 is 1.14 bits per heavy atom. The Morgan fingerprint density at radius 1 is 1.14 bits per heavy atom. The number of hydrogen-bond donors (Lipinski definition) is 2. The Hall–Kier alpha value is 0.142. The van der Waals surface area contributed by atoms with E-state index in [0.717, 1.165) is 0 Å². The first-order chi connectivity index (χ1) is 2.41. The third-order valence-corrected chi connectivity index (χ3v) is 0. The minimum atomic E-state index is -2.17. The molecule has 0 rings (SSSR count). The Labute approximate surface area is 48.9 Å². The van der Waals surface area contributed by atoms with Crippen LogP contribution in [-0.4, -0.2) is 16.0 Å². The molecular formula is CH7O5Re-. The molecule has 0 aromatic carbocycles. The van der Waals surface area contributed by atoms with E-state index in [1.807, 2.05) is 0 Å². The van der Waals surface area contributed by atoms with Crippen LogP contribution >= 0.6 is 0 Å². The fourth-order valence-electron chi connectivity index (χ4n) is 0. The van der Waals surface area contributed by atoms with Gasteiger partial charge in [0.25, 0.3) is 0 Å². The van der Waals surface area contributed by atoms with Crippen LogP contribution in [0.2, 0.25) is 0 Å². The average molecular weight is 285 g/mol. The van der Waals surface area contributed by atoms with Gasteiger partial charge in [-0.2, -0.15) is 0 Å². The van der Waals surface area contributed by atoms with Crippen LogP contribution in [0.3, 0.4) is 0 Å². The van der Waals surface area contributed by atoms with Gasteiger partial charge in [0.15, 0.2) is 0 Å². The SMILES string of the molecule is O.OO.[CH3-].[O]=[Re]=[O]. The second kappa shape index (κ2) is 124. The molecule has 0 aromatic rings. The van der Waals surface area contributed by atoms with Crippen LogP contribution in [0.15, 0.2) is 0 Å². The standard InChI is InChI=1S/CH3.H2O2.H2O.2O.Re/c;1-2;;;;/h1H3;1-2H;1H2;;;/q-1;;;;;. The van der Waals surface area contributed by atoms with Gasteiger partial charge < -0.3 is 12.9 Å².